The van der Waals surface area contributed by atoms with Crippen molar-refractivity contribution in [3.8, 4) is 0 Å². The Hall–Kier alpha value is -3.18. The number of carbonyl (C=O) groups is 2. The lowest BCUT2D eigenvalue weighted by Crippen LogP contribution is -2.31. The standard InChI is InChI=1S/C24H17ClFNO3/c25-17-6-4-16(5-7-17)23(12-14-2-1-3-15(10-14)21(28)29)13-24(23)19-11-18(26)8-9-20(19)27-22(24)30/h1-11H,12-13H2,(H,27,30)(H,28,29)/t23-,24-/m1/s1. The Kier molecular flexibility index (Phi) is 4.02. The number of benzene rings is 3. The van der Waals surface area contributed by atoms with E-state index >= 15 is 0 Å². The van der Waals surface area contributed by atoms with Crippen molar-refractivity contribution in [1.82, 2.24) is 0 Å². The van der Waals surface area contributed by atoms with Crippen LogP contribution >= 0.6 is 11.6 Å². The van der Waals surface area contributed by atoms with Gasteiger partial charge in [-0.3, -0.25) is 4.79 Å². The number of carbonyl (C=O) groups excluding carboxylic acids is 1. The number of rotatable bonds is 4. The normalized spacial score (nSPS) is 23.9. The van der Waals surface area contributed by atoms with Gasteiger partial charge in [-0.05, 0) is 72.0 Å². The van der Waals surface area contributed by atoms with E-state index < -0.39 is 22.6 Å². The molecule has 5 rings (SSSR count). The number of carboxylic acids is 1. The van der Waals surface area contributed by atoms with Crippen LogP contribution in [0.4, 0.5) is 10.1 Å². The lowest BCUT2D eigenvalue weighted by Gasteiger charge is -2.23. The van der Waals surface area contributed by atoms with Gasteiger partial charge in [-0.2, -0.15) is 0 Å². The molecule has 0 unspecified atom stereocenters. The average molecular weight is 422 g/mol. The molecule has 0 saturated heterocycles. The van der Waals surface area contributed by atoms with E-state index in [9.17, 15) is 19.1 Å². The van der Waals surface area contributed by atoms with Gasteiger partial charge in [0.25, 0.3) is 0 Å². The number of nitrogens with one attached hydrogen (secondary N) is 1. The molecule has 4 nitrogen and oxygen atoms in total. The molecule has 1 aliphatic heterocycles. The van der Waals surface area contributed by atoms with E-state index in [2.05, 4.69) is 5.32 Å². The number of anilines is 1. The Balaban J connectivity index is 1.67. The molecule has 2 aliphatic rings. The van der Waals surface area contributed by atoms with Gasteiger partial charge < -0.3 is 10.4 Å². The van der Waals surface area contributed by atoms with E-state index in [4.69, 9.17) is 11.6 Å². The fourth-order valence-corrected chi connectivity index (χ4v) is 5.11. The first-order valence-electron chi connectivity index (χ1n) is 9.55. The first-order valence-corrected chi connectivity index (χ1v) is 9.93. The summed E-state index contributed by atoms with van der Waals surface area (Å²) in [6.07, 6.45) is 0.945. The van der Waals surface area contributed by atoms with E-state index in [1.165, 1.54) is 18.2 Å². The van der Waals surface area contributed by atoms with Gasteiger partial charge in [0.05, 0.1) is 11.0 Å². The zero-order valence-electron chi connectivity index (χ0n) is 15.8. The summed E-state index contributed by atoms with van der Waals surface area (Å²) in [5, 5.41) is 12.8. The van der Waals surface area contributed by atoms with Crippen LogP contribution in [0.2, 0.25) is 5.02 Å². The highest BCUT2D eigenvalue weighted by Gasteiger charge is 2.75. The van der Waals surface area contributed by atoms with Crippen molar-refractivity contribution in [2.45, 2.75) is 23.7 Å². The summed E-state index contributed by atoms with van der Waals surface area (Å²) in [4.78, 5) is 24.6. The number of hydrogen-bond acceptors (Lipinski definition) is 2. The summed E-state index contributed by atoms with van der Waals surface area (Å²) < 4.78 is 14.1. The van der Waals surface area contributed by atoms with Crippen molar-refractivity contribution in [2.24, 2.45) is 0 Å². The van der Waals surface area contributed by atoms with Gasteiger partial charge in [0.15, 0.2) is 0 Å². The molecule has 30 heavy (non-hydrogen) atoms. The van der Waals surface area contributed by atoms with Gasteiger partial charge in [-0.1, -0.05) is 35.9 Å². The molecule has 2 atom stereocenters. The molecule has 1 spiro atoms. The zero-order chi connectivity index (χ0) is 21.1. The highest BCUT2D eigenvalue weighted by Crippen LogP contribution is 2.70. The quantitative estimate of drug-likeness (QED) is 0.626. The van der Waals surface area contributed by atoms with Gasteiger partial charge in [-0.15, -0.1) is 0 Å². The number of hydrogen-bond donors (Lipinski definition) is 2. The topological polar surface area (TPSA) is 66.4 Å². The van der Waals surface area contributed by atoms with Crippen LogP contribution in [0.1, 0.15) is 33.5 Å². The molecule has 3 aromatic carbocycles. The van der Waals surface area contributed by atoms with Crippen LogP contribution < -0.4 is 5.32 Å². The van der Waals surface area contributed by atoms with Crippen molar-refractivity contribution in [2.75, 3.05) is 5.32 Å². The van der Waals surface area contributed by atoms with Crippen LogP contribution in [-0.4, -0.2) is 17.0 Å². The Morgan fingerprint density at radius 2 is 1.87 bits per heavy atom. The minimum Gasteiger partial charge on any atom is -0.478 e. The van der Waals surface area contributed by atoms with Gasteiger partial charge in [0.2, 0.25) is 5.91 Å². The SMILES string of the molecule is O=C(O)c1cccc(C[C@]2(c3ccc(Cl)cc3)C[C@@]23C(=O)Nc2ccc(F)cc23)c1. The predicted molar refractivity (Wildman–Crippen MR) is 112 cm³/mol. The smallest absolute Gasteiger partial charge is 0.335 e. The first kappa shape index (κ1) is 18.8. The summed E-state index contributed by atoms with van der Waals surface area (Å²) in [5.74, 6) is -1.56. The average Bonchev–Trinajstić information content (AvgIpc) is 3.32. The monoisotopic (exact) mass is 421 g/mol. The van der Waals surface area contributed by atoms with Crippen LogP contribution in [0.3, 0.4) is 0 Å². The number of amides is 1. The molecular weight excluding hydrogens is 405 g/mol. The van der Waals surface area contributed by atoms with Crippen LogP contribution in [0.5, 0.6) is 0 Å². The lowest BCUT2D eigenvalue weighted by molar-refractivity contribution is -0.118. The number of halogens is 2. The minimum absolute atomic E-state index is 0.160. The molecule has 1 saturated carbocycles. The molecule has 150 valence electrons. The molecule has 1 amide bonds. The number of fused-ring (bicyclic) bond motifs is 2. The maximum absolute atomic E-state index is 14.1. The summed E-state index contributed by atoms with van der Waals surface area (Å²) >= 11 is 6.09. The van der Waals surface area contributed by atoms with Crippen molar-refractivity contribution >= 4 is 29.2 Å². The molecule has 6 heteroatoms. The second-order valence-electron chi connectivity index (χ2n) is 8.00. The van der Waals surface area contributed by atoms with E-state index in [0.29, 0.717) is 29.1 Å². The van der Waals surface area contributed by atoms with Crippen molar-refractivity contribution < 1.29 is 19.1 Å². The predicted octanol–water partition coefficient (Wildman–Crippen LogP) is 4.95. The minimum atomic E-state index is -1.01. The molecular formula is C24H17ClFNO3. The van der Waals surface area contributed by atoms with Crippen molar-refractivity contribution in [3.63, 3.8) is 0 Å². The molecule has 1 fully saturated rings. The van der Waals surface area contributed by atoms with Gasteiger partial charge in [-0.25, -0.2) is 9.18 Å². The van der Waals surface area contributed by atoms with E-state index in [0.717, 1.165) is 11.1 Å². The molecule has 2 N–H and O–H groups in total. The fourth-order valence-electron chi connectivity index (χ4n) is 4.98. The number of carboxylic acid groups (broad SMARTS) is 1. The third-order valence-electron chi connectivity index (χ3n) is 6.41. The summed E-state index contributed by atoms with van der Waals surface area (Å²) in [7, 11) is 0. The van der Waals surface area contributed by atoms with Crippen LogP contribution in [0.25, 0.3) is 0 Å². The summed E-state index contributed by atoms with van der Waals surface area (Å²) in [6, 6.07) is 18.4. The highest BCUT2D eigenvalue weighted by atomic mass is 35.5. The maximum atomic E-state index is 14.1. The van der Waals surface area contributed by atoms with E-state index in [-0.39, 0.29) is 11.5 Å². The fraction of sp³-hybridized carbons (Fsp3) is 0.167. The third kappa shape index (κ3) is 2.58. The van der Waals surface area contributed by atoms with Crippen LogP contribution in [0, 0.1) is 5.82 Å². The van der Waals surface area contributed by atoms with Crippen molar-refractivity contribution in [3.05, 3.63) is 99.8 Å². The largest absolute Gasteiger partial charge is 0.478 e. The van der Waals surface area contributed by atoms with Gasteiger partial charge in [0.1, 0.15) is 5.82 Å². The molecule has 3 aromatic rings. The zero-order valence-corrected chi connectivity index (χ0v) is 16.5. The van der Waals surface area contributed by atoms with Crippen molar-refractivity contribution in [1.29, 1.82) is 0 Å². The first-order chi connectivity index (χ1) is 14.4. The molecule has 0 radical (unpaired) electrons. The Labute approximate surface area is 177 Å². The summed E-state index contributed by atoms with van der Waals surface area (Å²) in [6.45, 7) is 0. The van der Waals surface area contributed by atoms with E-state index in [1.54, 1.807) is 30.3 Å². The van der Waals surface area contributed by atoms with Gasteiger partial charge in [0, 0.05) is 16.1 Å². The molecule has 0 bridgehead atoms. The second-order valence-corrected chi connectivity index (χ2v) is 8.43. The molecule has 1 heterocycles. The maximum Gasteiger partial charge on any atom is 0.335 e. The second kappa shape index (κ2) is 6.41. The van der Waals surface area contributed by atoms with Crippen LogP contribution in [0.15, 0.2) is 66.7 Å². The molecule has 0 aromatic heterocycles. The number of aromatic carboxylic acids is 1. The van der Waals surface area contributed by atoms with Gasteiger partial charge >= 0.3 is 5.97 Å². The third-order valence-corrected chi connectivity index (χ3v) is 6.66. The highest BCUT2D eigenvalue weighted by molar-refractivity contribution is 6.30. The molecule has 1 aliphatic carbocycles. The van der Waals surface area contributed by atoms with E-state index in [1.807, 2.05) is 18.2 Å². The van der Waals surface area contributed by atoms with Crippen LogP contribution in [-0.2, 0) is 22.0 Å². The Morgan fingerprint density at radius 3 is 2.60 bits per heavy atom. The lowest BCUT2D eigenvalue weighted by atomic mass is 9.78. The Bertz CT molecular complexity index is 1210. The Morgan fingerprint density at radius 1 is 1.10 bits per heavy atom. The summed E-state index contributed by atoms with van der Waals surface area (Å²) in [5.41, 5.74) is 1.65.